The molecule has 0 aliphatic rings. The van der Waals surface area contributed by atoms with Crippen LogP contribution in [0.1, 0.15) is 5.69 Å². The van der Waals surface area contributed by atoms with E-state index in [0.717, 1.165) is 11.5 Å². The lowest BCUT2D eigenvalue weighted by Gasteiger charge is -2.00. The monoisotopic (exact) mass is 176 g/mol. The van der Waals surface area contributed by atoms with Crippen molar-refractivity contribution in [1.29, 1.82) is 0 Å². The van der Waals surface area contributed by atoms with Crippen LogP contribution in [0.5, 0.6) is 0 Å². The van der Waals surface area contributed by atoms with E-state index in [0.29, 0.717) is 6.54 Å². The largest absolute Gasteiger partial charge is 0.364 e. The minimum absolute atomic E-state index is 0.605. The van der Waals surface area contributed by atoms with Gasteiger partial charge in [0, 0.05) is 12.3 Å². The minimum Gasteiger partial charge on any atom is -0.364 e. The molecular weight excluding hydrogens is 168 g/mol. The maximum absolute atomic E-state index is 4.68. The maximum atomic E-state index is 4.68. The van der Waals surface area contributed by atoms with Crippen LogP contribution in [-0.2, 0) is 6.54 Å². The fourth-order valence-electron chi connectivity index (χ4n) is 0.905. The number of anilines is 1. The summed E-state index contributed by atoms with van der Waals surface area (Å²) >= 11 is 0. The minimum atomic E-state index is 0.605. The van der Waals surface area contributed by atoms with Crippen LogP contribution in [0.4, 0.5) is 5.82 Å². The van der Waals surface area contributed by atoms with Crippen molar-refractivity contribution < 1.29 is 4.52 Å². The molecule has 2 aromatic heterocycles. The fraction of sp³-hybridized carbons (Fsp3) is 0.125. The van der Waals surface area contributed by atoms with Crippen LogP contribution in [0.2, 0.25) is 0 Å². The molecule has 0 aliphatic carbocycles. The summed E-state index contributed by atoms with van der Waals surface area (Å²) in [5, 5.41) is 6.82. The summed E-state index contributed by atoms with van der Waals surface area (Å²) < 4.78 is 4.68. The van der Waals surface area contributed by atoms with Crippen LogP contribution >= 0.6 is 0 Å². The van der Waals surface area contributed by atoms with E-state index in [1.807, 2.05) is 0 Å². The summed E-state index contributed by atoms with van der Waals surface area (Å²) in [6, 6.07) is 3.59. The fourth-order valence-corrected chi connectivity index (χ4v) is 0.905. The van der Waals surface area contributed by atoms with Crippen LogP contribution < -0.4 is 5.32 Å². The average molecular weight is 176 g/mol. The van der Waals surface area contributed by atoms with Gasteiger partial charge in [-0.3, -0.25) is 0 Å². The molecule has 5 heteroatoms. The van der Waals surface area contributed by atoms with Crippen LogP contribution in [-0.4, -0.2) is 15.1 Å². The first-order valence-corrected chi connectivity index (χ1v) is 3.84. The van der Waals surface area contributed by atoms with Crippen molar-refractivity contribution >= 4 is 5.82 Å². The molecule has 0 spiro atoms. The van der Waals surface area contributed by atoms with Gasteiger partial charge in [0.1, 0.15) is 24.1 Å². The number of rotatable bonds is 3. The Balaban J connectivity index is 1.94. The van der Waals surface area contributed by atoms with Gasteiger partial charge in [0.2, 0.25) is 0 Å². The van der Waals surface area contributed by atoms with Crippen molar-refractivity contribution in [2.45, 2.75) is 6.54 Å². The topological polar surface area (TPSA) is 63.8 Å². The molecule has 13 heavy (non-hydrogen) atoms. The van der Waals surface area contributed by atoms with E-state index < -0.39 is 0 Å². The third-order valence-electron chi connectivity index (χ3n) is 1.52. The van der Waals surface area contributed by atoms with Gasteiger partial charge in [0.25, 0.3) is 0 Å². The quantitative estimate of drug-likeness (QED) is 0.758. The van der Waals surface area contributed by atoms with E-state index in [2.05, 4.69) is 25.0 Å². The zero-order valence-corrected chi connectivity index (χ0v) is 6.84. The van der Waals surface area contributed by atoms with Crippen LogP contribution in [0.25, 0.3) is 0 Å². The lowest BCUT2D eigenvalue weighted by atomic mass is 10.4. The first-order chi connectivity index (χ1) is 6.45. The summed E-state index contributed by atoms with van der Waals surface area (Å²) in [5.74, 6) is 0.776. The van der Waals surface area contributed by atoms with Gasteiger partial charge in [0.15, 0.2) is 0 Å². The van der Waals surface area contributed by atoms with Gasteiger partial charge in [0.05, 0.1) is 6.54 Å². The van der Waals surface area contributed by atoms with Gasteiger partial charge >= 0.3 is 0 Å². The highest BCUT2D eigenvalue weighted by atomic mass is 16.5. The second kappa shape index (κ2) is 3.66. The van der Waals surface area contributed by atoms with E-state index in [1.54, 1.807) is 18.3 Å². The van der Waals surface area contributed by atoms with E-state index in [1.165, 1.54) is 12.6 Å². The highest BCUT2D eigenvalue weighted by Crippen LogP contribution is 2.01. The molecule has 0 atom stereocenters. The average Bonchev–Trinajstić information content (AvgIpc) is 2.69. The molecule has 66 valence electrons. The molecule has 0 bridgehead atoms. The number of aromatic nitrogens is 3. The van der Waals surface area contributed by atoms with Gasteiger partial charge in [-0.25, -0.2) is 9.97 Å². The molecule has 1 N–H and O–H groups in total. The lowest BCUT2D eigenvalue weighted by Crippen LogP contribution is -2.01. The Kier molecular flexibility index (Phi) is 2.18. The molecule has 0 fully saturated rings. The summed E-state index contributed by atoms with van der Waals surface area (Å²) in [6.07, 6.45) is 4.71. The Labute approximate surface area is 74.8 Å². The Morgan fingerprint density at radius 2 is 2.38 bits per heavy atom. The molecule has 5 nitrogen and oxygen atoms in total. The summed E-state index contributed by atoms with van der Waals surface area (Å²) in [7, 11) is 0. The van der Waals surface area contributed by atoms with Crippen molar-refractivity contribution in [2.24, 2.45) is 0 Å². The lowest BCUT2D eigenvalue weighted by molar-refractivity contribution is 0.412. The van der Waals surface area contributed by atoms with Gasteiger partial charge in [-0.05, 0) is 6.07 Å². The molecule has 0 amide bonds. The second-order valence-electron chi connectivity index (χ2n) is 2.44. The molecule has 0 aliphatic heterocycles. The molecule has 2 aromatic rings. The summed E-state index contributed by atoms with van der Waals surface area (Å²) in [6.45, 7) is 0.605. The van der Waals surface area contributed by atoms with Crippen molar-refractivity contribution in [3.63, 3.8) is 0 Å². The first-order valence-electron chi connectivity index (χ1n) is 3.84. The predicted octanol–water partition coefficient (Wildman–Crippen LogP) is 1.08. The predicted molar refractivity (Wildman–Crippen MR) is 45.9 cm³/mol. The van der Waals surface area contributed by atoms with Crippen LogP contribution in [0.15, 0.2) is 35.4 Å². The Hall–Kier alpha value is -1.91. The molecule has 0 saturated carbocycles. The normalized spacial score (nSPS) is 9.85. The maximum Gasteiger partial charge on any atom is 0.129 e. The van der Waals surface area contributed by atoms with E-state index >= 15 is 0 Å². The molecule has 0 unspecified atom stereocenters. The first kappa shape index (κ1) is 7.72. The zero-order valence-electron chi connectivity index (χ0n) is 6.84. The summed E-state index contributed by atoms with van der Waals surface area (Å²) in [5.41, 5.74) is 0.846. The number of hydrogen-bond acceptors (Lipinski definition) is 5. The second-order valence-corrected chi connectivity index (χ2v) is 2.44. The van der Waals surface area contributed by atoms with E-state index in [-0.39, 0.29) is 0 Å². The molecule has 0 radical (unpaired) electrons. The zero-order chi connectivity index (χ0) is 8.93. The molecule has 2 rings (SSSR count). The van der Waals surface area contributed by atoms with E-state index in [4.69, 9.17) is 0 Å². The Bertz CT molecular complexity index is 346. The van der Waals surface area contributed by atoms with Gasteiger partial charge in [-0.2, -0.15) is 0 Å². The molecule has 2 heterocycles. The third kappa shape index (κ3) is 2.02. The number of nitrogens with zero attached hydrogens (tertiary/aromatic N) is 3. The van der Waals surface area contributed by atoms with E-state index in [9.17, 15) is 0 Å². The molecule has 0 aromatic carbocycles. The van der Waals surface area contributed by atoms with Crippen LogP contribution in [0.3, 0.4) is 0 Å². The van der Waals surface area contributed by atoms with Crippen molar-refractivity contribution in [1.82, 2.24) is 15.1 Å². The van der Waals surface area contributed by atoms with Crippen molar-refractivity contribution in [3.05, 3.63) is 36.6 Å². The van der Waals surface area contributed by atoms with Crippen molar-refractivity contribution in [2.75, 3.05) is 5.32 Å². The summed E-state index contributed by atoms with van der Waals surface area (Å²) in [4.78, 5) is 7.80. The molecule has 0 saturated heterocycles. The van der Waals surface area contributed by atoms with Gasteiger partial charge < -0.3 is 9.84 Å². The molecular formula is C8H8N4O. The number of hydrogen-bond donors (Lipinski definition) is 1. The highest BCUT2D eigenvalue weighted by molar-refractivity contribution is 5.31. The smallest absolute Gasteiger partial charge is 0.129 e. The number of nitrogens with one attached hydrogen (secondary N) is 1. The van der Waals surface area contributed by atoms with Crippen LogP contribution in [0, 0.1) is 0 Å². The van der Waals surface area contributed by atoms with Crippen molar-refractivity contribution in [3.8, 4) is 0 Å². The highest BCUT2D eigenvalue weighted by Gasteiger charge is 1.96. The third-order valence-corrected chi connectivity index (χ3v) is 1.52. The Morgan fingerprint density at radius 1 is 1.38 bits per heavy atom. The standard InChI is InChI=1S/C8H8N4O/c1-3-9-6-11-8(1)10-5-7-2-4-13-12-7/h1-4,6H,5H2,(H,9,10,11). The van der Waals surface area contributed by atoms with Gasteiger partial charge in [-0.15, -0.1) is 0 Å². The Morgan fingerprint density at radius 3 is 3.08 bits per heavy atom. The van der Waals surface area contributed by atoms with Gasteiger partial charge in [-0.1, -0.05) is 5.16 Å². The SMILES string of the molecule is c1cc(NCc2ccon2)ncn1.